The molecule has 2 saturated heterocycles. The molecule has 1 unspecified atom stereocenters. The minimum Gasteiger partial charge on any atom is -0.480 e. The van der Waals surface area contributed by atoms with Crippen LogP contribution in [0, 0.1) is 13.8 Å². The number of hydrogen-bond donors (Lipinski definition) is 1. The first-order chi connectivity index (χ1) is 27.8. The van der Waals surface area contributed by atoms with E-state index in [1.807, 2.05) is 50.2 Å². The van der Waals surface area contributed by atoms with Gasteiger partial charge in [-0.2, -0.15) is 17.6 Å². The van der Waals surface area contributed by atoms with E-state index >= 15 is 0 Å². The third-order valence-corrected chi connectivity index (χ3v) is 11.5. The fourth-order valence-electron chi connectivity index (χ4n) is 8.23. The average molecular weight is 802 g/mol. The molecule has 2 fully saturated rings. The molecule has 8 rings (SSSR count). The fourth-order valence-corrected chi connectivity index (χ4v) is 8.23. The minimum atomic E-state index is -3.09. The molecule has 304 valence electrons. The number of oxazole rings is 2. The molecule has 0 aliphatic carbocycles. The van der Waals surface area contributed by atoms with Crippen LogP contribution in [0.3, 0.4) is 0 Å². The lowest BCUT2D eigenvalue weighted by Crippen LogP contribution is -2.49. The number of likely N-dealkylation sites (tertiary alicyclic amines) is 1. The normalized spacial score (nSPS) is 18.3. The van der Waals surface area contributed by atoms with Crippen molar-refractivity contribution in [3.8, 4) is 45.5 Å². The highest BCUT2D eigenvalue weighted by Gasteiger charge is 2.32. The van der Waals surface area contributed by atoms with Crippen molar-refractivity contribution in [1.82, 2.24) is 24.7 Å². The maximum atomic E-state index is 13.6. The zero-order chi connectivity index (χ0) is 40.8. The van der Waals surface area contributed by atoms with Gasteiger partial charge in [-0.25, -0.2) is 9.97 Å². The smallest absolute Gasteiger partial charge is 0.387 e. The van der Waals surface area contributed by atoms with E-state index < -0.39 is 25.2 Å². The van der Waals surface area contributed by atoms with E-state index in [0.717, 1.165) is 41.9 Å². The van der Waals surface area contributed by atoms with Crippen LogP contribution in [0.5, 0.6) is 11.5 Å². The van der Waals surface area contributed by atoms with Crippen LogP contribution in [0.4, 0.5) is 17.6 Å². The summed E-state index contributed by atoms with van der Waals surface area (Å²) in [4.78, 5) is 27.6. The van der Waals surface area contributed by atoms with Gasteiger partial charge in [0.25, 0.3) is 0 Å². The third-order valence-electron chi connectivity index (χ3n) is 11.5. The Balaban J connectivity index is 1.11. The number of alkyl halides is 4. The van der Waals surface area contributed by atoms with Crippen molar-refractivity contribution in [3.63, 3.8) is 0 Å². The van der Waals surface area contributed by atoms with E-state index in [-0.39, 0.29) is 29.5 Å². The van der Waals surface area contributed by atoms with E-state index in [1.165, 1.54) is 12.1 Å². The Labute approximate surface area is 331 Å². The Morgan fingerprint density at radius 3 is 1.81 bits per heavy atom. The Bertz CT molecular complexity index is 2490. The van der Waals surface area contributed by atoms with Gasteiger partial charge < -0.3 is 28.3 Å². The molecule has 0 spiro atoms. The van der Waals surface area contributed by atoms with Gasteiger partial charge in [0.05, 0.1) is 0 Å². The number of carboxylic acids is 1. The molecule has 1 N–H and O–H groups in total. The van der Waals surface area contributed by atoms with Crippen LogP contribution in [-0.2, 0) is 17.9 Å². The van der Waals surface area contributed by atoms with Gasteiger partial charge >= 0.3 is 19.2 Å². The van der Waals surface area contributed by atoms with Gasteiger partial charge in [0, 0.05) is 73.2 Å². The number of fused-ring (bicyclic) bond motifs is 2. The van der Waals surface area contributed by atoms with Crippen molar-refractivity contribution in [2.45, 2.75) is 72.0 Å². The molecule has 0 radical (unpaired) electrons. The molecule has 0 bridgehead atoms. The molecule has 2 atom stereocenters. The van der Waals surface area contributed by atoms with Crippen molar-refractivity contribution in [2.75, 3.05) is 33.2 Å². The van der Waals surface area contributed by atoms with Crippen LogP contribution in [0.1, 0.15) is 42.0 Å². The van der Waals surface area contributed by atoms with Gasteiger partial charge in [-0.05, 0) is 93.7 Å². The van der Waals surface area contributed by atoms with E-state index in [2.05, 4.69) is 23.8 Å². The molecule has 2 aliphatic rings. The summed E-state index contributed by atoms with van der Waals surface area (Å²) >= 11 is 0. The molecule has 15 heteroatoms. The number of carboxylic acid groups (broad SMARTS) is 1. The quantitative estimate of drug-likeness (QED) is 0.120. The number of halogens is 4. The standard InChI is InChI=1S/C43H43F4N5O6/c1-23-20-51(15-14-50(23)4)21-26-16-32-37(18-35(26)57-42(44)45)55-39(48-32)30-10-5-8-28(24(30)2)29-9-6-11-31(25(29)3)40-49-33-17-27(22-52-13-7-12-34(52)41(53)54)36(58-43(46)47)19-38(33)56-40/h5-6,8-11,16-19,23,34,42-43H,7,12-15,20-22H2,1-4H3,(H,53,54)/t23?,34-/m0/s1. The summed E-state index contributed by atoms with van der Waals surface area (Å²) in [5.41, 5.74) is 7.37. The fraction of sp³-hybridized carbons (Fsp3) is 0.372. The summed E-state index contributed by atoms with van der Waals surface area (Å²) in [5, 5.41) is 9.67. The summed E-state index contributed by atoms with van der Waals surface area (Å²) in [5.74, 6) is -0.397. The predicted molar refractivity (Wildman–Crippen MR) is 209 cm³/mol. The van der Waals surface area contributed by atoms with E-state index in [4.69, 9.17) is 28.3 Å². The number of piperazine rings is 1. The van der Waals surface area contributed by atoms with Crippen molar-refractivity contribution in [1.29, 1.82) is 0 Å². The number of carbonyl (C=O) groups is 1. The van der Waals surface area contributed by atoms with Crippen LogP contribution < -0.4 is 9.47 Å². The zero-order valence-corrected chi connectivity index (χ0v) is 32.5. The molecular weight excluding hydrogens is 758 g/mol. The third kappa shape index (κ3) is 7.85. The minimum absolute atomic E-state index is 0.0568. The number of nitrogens with zero attached hydrogens (tertiary/aromatic N) is 5. The molecule has 4 heterocycles. The number of aliphatic carboxylic acids is 1. The predicted octanol–water partition coefficient (Wildman–Crippen LogP) is 8.97. The van der Waals surface area contributed by atoms with Gasteiger partial charge in [-0.15, -0.1) is 0 Å². The van der Waals surface area contributed by atoms with E-state index in [0.29, 0.717) is 76.7 Å². The van der Waals surface area contributed by atoms with Crippen molar-refractivity contribution in [2.24, 2.45) is 0 Å². The monoisotopic (exact) mass is 801 g/mol. The Hall–Kier alpha value is -5.51. The highest BCUT2D eigenvalue weighted by molar-refractivity contribution is 5.85. The Kier molecular flexibility index (Phi) is 10.9. The first kappa shape index (κ1) is 39.3. The number of aromatic nitrogens is 2. The number of rotatable bonds is 12. The second-order valence-electron chi connectivity index (χ2n) is 15.1. The lowest BCUT2D eigenvalue weighted by Gasteiger charge is -2.37. The van der Waals surface area contributed by atoms with Crippen molar-refractivity contribution in [3.05, 3.63) is 82.9 Å². The molecule has 2 aromatic heterocycles. The van der Waals surface area contributed by atoms with E-state index in [9.17, 15) is 27.5 Å². The number of likely N-dealkylation sites (N-methyl/N-ethyl adjacent to an activating group) is 1. The van der Waals surface area contributed by atoms with Crippen LogP contribution in [-0.4, -0.2) is 94.3 Å². The number of hydrogen-bond acceptors (Lipinski definition) is 10. The summed E-state index contributed by atoms with van der Waals surface area (Å²) < 4.78 is 76.4. The largest absolute Gasteiger partial charge is 0.480 e. The van der Waals surface area contributed by atoms with E-state index in [1.54, 1.807) is 17.0 Å². The SMILES string of the molecule is Cc1c(-c2nc3cc(CN4CCN(C)C(C)C4)c(OC(F)F)cc3o2)cccc1-c1cccc(-c2nc3cc(CN4CCC[C@H]4C(=O)O)c(OC(F)F)cc3o2)c1C. The molecule has 4 aromatic carbocycles. The molecule has 6 aromatic rings. The van der Waals surface area contributed by atoms with Crippen molar-refractivity contribution >= 4 is 28.2 Å². The zero-order valence-electron chi connectivity index (χ0n) is 32.5. The highest BCUT2D eigenvalue weighted by atomic mass is 19.3. The lowest BCUT2D eigenvalue weighted by molar-refractivity contribution is -0.142. The highest BCUT2D eigenvalue weighted by Crippen LogP contribution is 2.40. The maximum absolute atomic E-state index is 13.6. The summed E-state index contributed by atoms with van der Waals surface area (Å²) in [6.45, 7) is 3.44. The number of benzene rings is 4. The summed E-state index contributed by atoms with van der Waals surface area (Å²) in [7, 11) is 2.07. The lowest BCUT2D eigenvalue weighted by atomic mass is 9.91. The van der Waals surface area contributed by atoms with Gasteiger partial charge in [0.1, 0.15) is 28.6 Å². The summed E-state index contributed by atoms with van der Waals surface area (Å²) in [6, 6.07) is 17.3. The van der Waals surface area contributed by atoms with Gasteiger partial charge in [0.2, 0.25) is 11.8 Å². The van der Waals surface area contributed by atoms with Crippen molar-refractivity contribution < 1.29 is 45.8 Å². The van der Waals surface area contributed by atoms with Crippen LogP contribution >= 0.6 is 0 Å². The second-order valence-corrected chi connectivity index (χ2v) is 15.1. The topological polar surface area (TPSA) is 118 Å². The van der Waals surface area contributed by atoms with Crippen LogP contribution in [0.15, 0.2) is 69.5 Å². The van der Waals surface area contributed by atoms with Crippen LogP contribution in [0.2, 0.25) is 0 Å². The molecule has 2 aliphatic heterocycles. The molecule has 11 nitrogen and oxygen atoms in total. The van der Waals surface area contributed by atoms with Gasteiger partial charge in [0.15, 0.2) is 11.2 Å². The molecule has 0 saturated carbocycles. The first-order valence-electron chi connectivity index (χ1n) is 19.2. The first-order valence-corrected chi connectivity index (χ1v) is 19.2. The average Bonchev–Trinajstić information content (AvgIpc) is 3.92. The molecule has 58 heavy (non-hydrogen) atoms. The summed E-state index contributed by atoms with van der Waals surface area (Å²) in [6.07, 6.45) is 1.16. The van der Waals surface area contributed by atoms with Gasteiger partial charge in [-0.1, -0.05) is 24.3 Å². The molecule has 0 amide bonds. The Morgan fingerprint density at radius 2 is 1.31 bits per heavy atom. The Morgan fingerprint density at radius 1 is 0.793 bits per heavy atom. The number of ether oxygens (including phenoxy) is 2. The van der Waals surface area contributed by atoms with Gasteiger partial charge in [-0.3, -0.25) is 14.6 Å². The second kappa shape index (κ2) is 16.0. The molecular formula is C43H43F4N5O6. The maximum Gasteiger partial charge on any atom is 0.387 e. The van der Waals surface area contributed by atoms with Crippen LogP contribution in [0.25, 0.3) is 56.2 Å².